The van der Waals surface area contributed by atoms with Gasteiger partial charge in [0.1, 0.15) is 17.8 Å². The topological polar surface area (TPSA) is 56.5 Å². The summed E-state index contributed by atoms with van der Waals surface area (Å²) in [7, 11) is 1.45. The molecule has 1 heterocycles. The molecular formula is C9H8O4. The van der Waals surface area contributed by atoms with Gasteiger partial charge in [-0.15, -0.1) is 0 Å². The highest BCUT2D eigenvalue weighted by Crippen LogP contribution is 2.10. The Morgan fingerprint density at radius 2 is 2.23 bits per heavy atom. The Labute approximate surface area is 74.4 Å². The van der Waals surface area contributed by atoms with Crippen LogP contribution in [0.25, 0.3) is 6.08 Å². The van der Waals surface area contributed by atoms with Gasteiger partial charge in [0, 0.05) is 6.07 Å². The SMILES string of the molecule is COc1cc(C=CC=O)oc(=O)c1. The van der Waals surface area contributed by atoms with Crippen molar-refractivity contribution >= 4 is 12.4 Å². The van der Waals surface area contributed by atoms with E-state index in [1.54, 1.807) is 0 Å². The van der Waals surface area contributed by atoms with Gasteiger partial charge in [-0.05, 0) is 12.2 Å². The second kappa shape index (κ2) is 4.25. The lowest BCUT2D eigenvalue weighted by atomic mass is 10.3. The average molecular weight is 180 g/mol. The maximum Gasteiger partial charge on any atom is 0.339 e. The van der Waals surface area contributed by atoms with Crippen LogP contribution in [0, 0.1) is 0 Å². The van der Waals surface area contributed by atoms with Crippen LogP contribution >= 0.6 is 0 Å². The summed E-state index contributed by atoms with van der Waals surface area (Å²) >= 11 is 0. The largest absolute Gasteiger partial charge is 0.496 e. The minimum Gasteiger partial charge on any atom is -0.496 e. The third kappa shape index (κ3) is 2.59. The van der Waals surface area contributed by atoms with Crippen molar-refractivity contribution < 1.29 is 13.9 Å². The lowest BCUT2D eigenvalue weighted by Gasteiger charge is -1.97. The van der Waals surface area contributed by atoms with E-state index >= 15 is 0 Å². The molecule has 0 amide bonds. The Hall–Kier alpha value is -1.84. The van der Waals surface area contributed by atoms with Crippen molar-refractivity contribution in [1.29, 1.82) is 0 Å². The normalized spacial score (nSPS) is 10.2. The molecule has 0 aliphatic rings. The average Bonchev–Trinajstić information content (AvgIpc) is 2.14. The second-order valence-corrected chi connectivity index (χ2v) is 2.21. The van der Waals surface area contributed by atoms with Gasteiger partial charge in [-0.1, -0.05) is 0 Å². The molecule has 0 fully saturated rings. The first-order valence-corrected chi connectivity index (χ1v) is 3.57. The first-order chi connectivity index (χ1) is 6.26. The third-order valence-corrected chi connectivity index (χ3v) is 1.34. The molecule has 0 spiro atoms. The van der Waals surface area contributed by atoms with Crippen molar-refractivity contribution in [3.05, 3.63) is 34.4 Å². The van der Waals surface area contributed by atoms with Crippen LogP contribution in [0.2, 0.25) is 0 Å². The van der Waals surface area contributed by atoms with Gasteiger partial charge in [0.2, 0.25) is 0 Å². The molecule has 1 aromatic heterocycles. The van der Waals surface area contributed by atoms with E-state index in [9.17, 15) is 9.59 Å². The Bertz CT molecular complexity index is 375. The van der Waals surface area contributed by atoms with Crippen LogP contribution in [0.3, 0.4) is 0 Å². The van der Waals surface area contributed by atoms with E-state index in [4.69, 9.17) is 9.15 Å². The molecule has 0 unspecified atom stereocenters. The fraction of sp³-hybridized carbons (Fsp3) is 0.111. The summed E-state index contributed by atoms with van der Waals surface area (Å²) < 4.78 is 9.57. The summed E-state index contributed by atoms with van der Waals surface area (Å²) in [6.45, 7) is 0. The van der Waals surface area contributed by atoms with Gasteiger partial charge >= 0.3 is 5.63 Å². The summed E-state index contributed by atoms with van der Waals surface area (Å²) in [5.74, 6) is 0.693. The fourth-order valence-corrected chi connectivity index (χ4v) is 0.807. The summed E-state index contributed by atoms with van der Waals surface area (Å²) in [5, 5.41) is 0. The van der Waals surface area contributed by atoms with Crippen LogP contribution in [0.5, 0.6) is 5.75 Å². The van der Waals surface area contributed by atoms with E-state index in [0.717, 1.165) is 0 Å². The number of ether oxygens (including phenoxy) is 1. The van der Waals surface area contributed by atoms with Gasteiger partial charge in [0.25, 0.3) is 0 Å². The molecule has 0 radical (unpaired) electrons. The molecule has 0 saturated heterocycles. The van der Waals surface area contributed by atoms with Crippen LogP contribution in [0.1, 0.15) is 5.76 Å². The maximum atomic E-state index is 10.9. The number of hydrogen-bond donors (Lipinski definition) is 0. The summed E-state index contributed by atoms with van der Waals surface area (Å²) in [5.41, 5.74) is -0.509. The molecule has 0 N–H and O–H groups in total. The minimum absolute atomic E-state index is 0.288. The Morgan fingerprint density at radius 3 is 2.85 bits per heavy atom. The van der Waals surface area contributed by atoms with Crippen LogP contribution in [0.15, 0.2) is 27.4 Å². The number of rotatable bonds is 3. The maximum absolute atomic E-state index is 10.9. The van der Waals surface area contributed by atoms with Crippen molar-refractivity contribution in [2.45, 2.75) is 0 Å². The molecule has 0 aromatic carbocycles. The molecule has 1 aromatic rings. The first kappa shape index (κ1) is 9.25. The van der Waals surface area contributed by atoms with E-state index in [-0.39, 0.29) is 5.76 Å². The van der Waals surface area contributed by atoms with Gasteiger partial charge in [0.05, 0.1) is 13.2 Å². The Balaban J connectivity index is 3.08. The third-order valence-electron chi connectivity index (χ3n) is 1.34. The number of carbonyl (C=O) groups is 1. The highest BCUT2D eigenvalue weighted by Gasteiger charge is 1.97. The quantitative estimate of drug-likeness (QED) is 0.511. The molecule has 0 atom stereocenters. The summed E-state index contributed by atoms with van der Waals surface area (Å²) in [6.07, 6.45) is 3.22. The minimum atomic E-state index is -0.509. The van der Waals surface area contributed by atoms with Gasteiger partial charge in [-0.2, -0.15) is 0 Å². The number of allylic oxidation sites excluding steroid dienone is 1. The van der Waals surface area contributed by atoms with Crippen LogP contribution < -0.4 is 10.4 Å². The number of methoxy groups -OCH3 is 1. The lowest BCUT2D eigenvalue weighted by Crippen LogP contribution is -1.98. The van der Waals surface area contributed by atoms with Crippen molar-refractivity contribution in [2.75, 3.05) is 7.11 Å². The smallest absolute Gasteiger partial charge is 0.339 e. The predicted molar refractivity (Wildman–Crippen MR) is 46.6 cm³/mol. The van der Waals surface area contributed by atoms with Crippen LogP contribution in [0.4, 0.5) is 0 Å². The standard InChI is InChI=1S/C9H8O4/c1-12-8-5-7(3-2-4-10)13-9(11)6-8/h2-6H,1H3. The monoisotopic (exact) mass is 180 g/mol. The van der Waals surface area contributed by atoms with Crippen molar-refractivity contribution in [1.82, 2.24) is 0 Å². The zero-order valence-electron chi connectivity index (χ0n) is 7.02. The molecular weight excluding hydrogens is 172 g/mol. The first-order valence-electron chi connectivity index (χ1n) is 3.57. The second-order valence-electron chi connectivity index (χ2n) is 2.21. The van der Waals surface area contributed by atoms with Gasteiger partial charge in [-0.25, -0.2) is 4.79 Å². The van der Waals surface area contributed by atoms with Crippen LogP contribution in [-0.4, -0.2) is 13.4 Å². The van der Waals surface area contributed by atoms with Gasteiger partial charge in [0.15, 0.2) is 0 Å². The lowest BCUT2D eigenvalue weighted by molar-refractivity contribution is -0.104. The number of aldehydes is 1. The van der Waals surface area contributed by atoms with Crippen molar-refractivity contribution in [3.8, 4) is 5.75 Å². The van der Waals surface area contributed by atoms with E-state index in [1.807, 2.05) is 0 Å². The molecule has 13 heavy (non-hydrogen) atoms. The summed E-state index contributed by atoms with van der Waals surface area (Å²) in [6, 6.07) is 2.74. The van der Waals surface area contributed by atoms with E-state index < -0.39 is 5.63 Å². The molecule has 1 rings (SSSR count). The number of hydrogen-bond acceptors (Lipinski definition) is 4. The zero-order valence-corrected chi connectivity index (χ0v) is 7.02. The zero-order chi connectivity index (χ0) is 9.68. The van der Waals surface area contributed by atoms with Gasteiger partial charge in [-0.3, -0.25) is 4.79 Å². The summed E-state index contributed by atoms with van der Waals surface area (Å²) in [4.78, 5) is 20.8. The van der Waals surface area contributed by atoms with Crippen molar-refractivity contribution in [2.24, 2.45) is 0 Å². The highest BCUT2D eigenvalue weighted by atomic mass is 16.5. The number of carbonyl (C=O) groups excluding carboxylic acids is 1. The molecule has 4 heteroatoms. The Kier molecular flexibility index (Phi) is 3.03. The molecule has 0 aliphatic carbocycles. The van der Waals surface area contributed by atoms with Gasteiger partial charge < -0.3 is 9.15 Å². The molecule has 0 saturated carbocycles. The van der Waals surface area contributed by atoms with E-state index in [1.165, 1.54) is 31.4 Å². The molecule has 68 valence electrons. The predicted octanol–water partition coefficient (Wildman–Crippen LogP) is 0.861. The van der Waals surface area contributed by atoms with E-state index in [0.29, 0.717) is 12.0 Å². The fourth-order valence-electron chi connectivity index (χ4n) is 0.807. The highest BCUT2D eigenvalue weighted by molar-refractivity contribution is 5.72. The van der Waals surface area contributed by atoms with E-state index in [2.05, 4.69) is 0 Å². The van der Waals surface area contributed by atoms with Crippen LogP contribution in [-0.2, 0) is 4.79 Å². The Morgan fingerprint density at radius 1 is 1.46 bits per heavy atom. The molecule has 0 bridgehead atoms. The molecule has 0 aliphatic heterocycles. The van der Waals surface area contributed by atoms with Crippen molar-refractivity contribution in [3.63, 3.8) is 0 Å². The molecule has 4 nitrogen and oxygen atoms in total.